The molecule has 0 spiro atoms. The summed E-state index contributed by atoms with van der Waals surface area (Å²) in [4.78, 5) is 39.1. The van der Waals surface area contributed by atoms with Gasteiger partial charge in [-0.05, 0) is 36.4 Å². The number of hydrogen-bond donors (Lipinski definition) is 1. The molecule has 4 rings (SSSR count). The molecule has 0 radical (unpaired) electrons. The van der Waals surface area contributed by atoms with Crippen LogP contribution in [0.15, 0.2) is 63.3 Å². The summed E-state index contributed by atoms with van der Waals surface area (Å²) in [5.74, 6) is -0.700. The molecule has 2 aromatic rings. The van der Waals surface area contributed by atoms with Crippen molar-refractivity contribution in [2.24, 2.45) is 10.3 Å². The number of fused-ring (bicyclic) bond motifs is 1. The number of ether oxygens (including phenoxy) is 1. The van der Waals surface area contributed by atoms with E-state index < -0.39 is 23.9 Å². The number of rotatable bonds is 5. The third-order valence-electron chi connectivity index (χ3n) is 4.60. The Hall–Kier alpha value is -3.27. The number of carbonyl (C=O) groups is 3. The maximum Gasteiger partial charge on any atom is 0.263 e. The maximum absolute atomic E-state index is 12.9. The van der Waals surface area contributed by atoms with Gasteiger partial charge in [0.05, 0.1) is 12.8 Å². The van der Waals surface area contributed by atoms with Gasteiger partial charge in [-0.1, -0.05) is 27.2 Å². The number of benzene rings is 2. The summed E-state index contributed by atoms with van der Waals surface area (Å²) in [6.45, 7) is -0.213. The van der Waals surface area contributed by atoms with E-state index in [4.69, 9.17) is 4.74 Å². The molecule has 9 nitrogen and oxygen atoms in total. The SMILES string of the molecule is COc1cccc(NC(=O)CN2N=N[C@H]3C(=O)N(c4ccc(Br)cc4)C(=O)[C@@H]32)c1. The van der Waals surface area contributed by atoms with E-state index in [9.17, 15) is 14.4 Å². The van der Waals surface area contributed by atoms with Crippen LogP contribution in [0.2, 0.25) is 0 Å². The summed E-state index contributed by atoms with van der Waals surface area (Å²) in [6.07, 6.45) is 0. The van der Waals surface area contributed by atoms with Gasteiger partial charge in [0.15, 0.2) is 12.1 Å². The number of anilines is 2. The molecule has 1 saturated heterocycles. The largest absolute Gasteiger partial charge is 0.497 e. The summed E-state index contributed by atoms with van der Waals surface area (Å²) >= 11 is 3.32. The fraction of sp³-hybridized carbons (Fsp3) is 0.211. The van der Waals surface area contributed by atoms with Crippen molar-refractivity contribution in [2.45, 2.75) is 12.1 Å². The van der Waals surface area contributed by atoms with Crippen molar-refractivity contribution >= 4 is 45.0 Å². The van der Waals surface area contributed by atoms with Crippen LogP contribution in [-0.4, -0.2) is 48.5 Å². The first-order chi connectivity index (χ1) is 14.0. The molecule has 1 N–H and O–H groups in total. The predicted molar refractivity (Wildman–Crippen MR) is 107 cm³/mol. The van der Waals surface area contributed by atoms with Crippen molar-refractivity contribution in [2.75, 3.05) is 23.9 Å². The first kappa shape index (κ1) is 19.1. The smallest absolute Gasteiger partial charge is 0.263 e. The van der Waals surface area contributed by atoms with E-state index in [1.54, 1.807) is 48.5 Å². The highest BCUT2D eigenvalue weighted by Crippen LogP contribution is 2.32. The Morgan fingerprint density at radius 2 is 1.93 bits per heavy atom. The summed E-state index contributed by atoms with van der Waals surface area (Å²) in [7, 11) is 1.53. The molecule has 2 aliphatic heterocycles. The van der Waals surface area contributed by atoms with E-state index in [1.807, 2.05) is 0 Å². The summed E-state index contributed by atoms with van der Waals surface area (Å²) in [5.41, 5.74) is 1.00. The molecule has 3 amide bonds. The molecule has 0 saturated carbocycles. The van der Waals surface area contributed by atoms with Crippen molar-refractivity contribution in [3.05, 3.63) is 53.0 Å². The molecule has 2 heterocycles. The van der Waals surface area contributed by atoms with Crippen molar-refractivity contribution in [3.8, 4) is 5.75 Å². The molecule has 2 aromatic carbocycles. The van der Waals surface area contributed by atoms with Gasteiger partial charge in [-0.15, -0.1) is 0 Å². The summed E-state index contributed by atoms with van der Waals surface area (Å²) in [5, 5.41) is 11.8. The Labute approximate surface area is 174 Å². The van der Waals surface area contributed by atoms with Gasteiger partial charge in [0.25, 0.3) is 11.8 Å². The lowest BCUT2D eigenvalue weighted by Crippen LogP contribution is -2.43. The summed E-state index contributed by atoms with van der Waals surface area (Å²) in [6, 6.07) is 11.8. The van der Waals surface area contributed by atoms with Gasteiger partial charge in [-0.2, -0.15) is 5.11 Å². The van der Waals surface area contributed by atoms with Crippen LogP contribution in [0, 0.1) is 0 Å². The molecule has 29 heavy (non-hydrogen) atoms. The fourth-order valence-electron chi connectivity index (χ4n) is 3.25. The molecule has 0 unspecified atom stereocenters. The molecule has 0 aliphatic carbocycles. The highest BCUT2D eigenvalue weighted by atomic mass is 79.9. The third kappa shape index (κ3) is 3.58. The third-order valence-corrected chi connectivity index (χ3v) is 5.13. The first-order valence-corrected chi connectivity index (χ1v) is 9.52. The molecule has 10 heteroatoms. The number of imide groups is 1. The van der Waals surface area contributed by atoms with Crippen LogP contribution in [0.4, 0.5) is 11.4 Å². The van der Waals surface area contributed by atoms with Gasteiger partial charge in [-0.25, -0.2) is 4.90 Å². The average Bonchev–Trinajstić information content (AvgIpc) is 3.23. The Kier molecular flexibility index (Phi) is 5.01. The van der Waals surface area contributed by atoms with Crippen LogP contribution in [0.5, 0.6) is 5.75 Å². The number of halogens is 1. The number of nitrogens with zero attached hydrogens (tertiary/aromatic N) is 4. The van der Waals surface area contributed by atoms with Crippen molar-refractivity contribution < 1.29 is 19.1 Å². The van der Waals surface area contributed by atoms with Gasteiger partial charge in [0.1, 0.15) is 12.3 Å². The normalized spacial score (nSPS) is 20.2. The fourth-order valence-corrected chi connectivity index (χ4v) is 3.51. The molecular formula is C19H16BrN5O4. The van der Waals surface area contributed by atoms with E-state index in [0.29, 0.717) is 17.1 Å². The van der Waals surface area contributed by atoms with E-state index in [-0.39, 0.29) is 12.5 Å². The second-order valence-corrected chi connectivity index (χ2v) is 7.38. The van der Waals surface area contributed by atoms with Crippen molar-refractivity contribution in [1.82, 2.24) is 5.01 Å². The first-order valence-electron chi connectivity index (χ1n) is 8.72. The second-order valence-electron chi connectivity index (χ2n) is 6.46. The van der Waals surface area contributed by atoms with Gasteiger partial charge in [0, 0.05) is 16.2 Å². The van der Waals surface area contributed by atoms with E-state index in [0.717, 1.165) is 9.37 Å². The van der Waals surface area contributed by atoms with Crippen LogP contribution in [0.1, 0.15) is 0 Å². The van der Waals surface area contributed by atoms with Gasteiger partial charge in [-0.3, -0.25) is 19.4 Å². The van der Waals surface area contributed by atoms with Crippen LogP contribution in [0.3, 0.4) is 0 Å². The standard InChI is InChI=1S/C19H16BrN5O4/c1-29-14-4-2-3-12(9-14)21-15(26)10-24-17-16(22-23-24)18(27)25(19(17)28)13-7-5-11(20)6-8-13/h2-9,16-17H,10H2,1H3,(H,21,26)/t16-,17-/m1/s1. The van der Waals surface area contributed by atoms with Crippen LogP contribution < -0.4 is 15.0 Å². The zero-order chi connectivity index (χ0) is 20.5. The Morgan fingerprint density at radius 1 is 1.17 bits per heavy atom. The highest BCUT2D eigenvalue weighted by molar-refractivity contribution is 9.10. The quantitative estimate of drug-likeness (QED) is 0.694. The molecule has 0 bridgehead atoms. The number of nitrogens with one attached hydrogen (secondary N) is 1. The minimum atomic E-state index is -0.948. The minimum Gasteiger partial charge on any atom is -0.497 e. The molecular weight excluding hydrogens is 442 g/mol. The van der Waals surface area contributed by atoms with Crippen molar-refractivity contribution in [3.63, 3.8) is 0 Å². The molecule has 2 atom stereocenters. The summed E-state index contributed by atoms with van der Waals surface area (Å²) < 4.78 is 5.96. The predicted octanol–water partition coefficient (Wildman–Crippen LogP) is 2.39. The number of methoxy groups -OCH3 is 1. The van der Waals surface area contributed by atoms with E-state index >= 15 is 0 Å². The van der Waals surface area contributed by atoms with E-state index in [1.165, 1.54) is 12.1 Å². The van der Waals surface area contributed by atoms with Crippen LogP contribution in [-0.2, 0) is 14.4 Å². The Balaban J connectivity index is 1.47. The van der Waals surface area contributed by atoms with Crippen LogP contribution in [0.25, 0.3) is 0 Å². The number of carbonyl (C=O) groups excluding carboxylic acids is 3. The van der Waals surface area contributed by atoms with Gasteiger partial charge >= 0.3 is 0 Å². The van der Waals surface area contributed by atoms with Crippen LogP contribution >= 0.6 is 15.9 Å². The van der Waals surface area contributed by atoms with Gasteiger partial charge < -0.3 is 10.1 Å². The number of amides is 3. The van der Waals surface area contributed by atoms with E-state index in [2.05, 4.69) is 31.6 Å². The Morgan fingerprint density at radius 3 is 2.66 bits per heavy atom. The highest BCUT2D eigenvalue weighted by Gasteiger charge is 2.55. The average molecular weight is 458 g/mol. The minimum absolute atomic E-state index is 0.213. The lowest BCUT2D eigenvalue weighted by molar-refractivity contribution is -0.123. The number of hydrogen-bond acceptors (Lipinski definition) is 7. The lowest BCUT2D eigenvalue weighted by Gasteiger charge is -2.20. The molecule has 2 aliphatic rings. The molecule has 148 valence electrons. The monoisotopic (exact) mass is 457 g/mol. The topological polar surface area (TPSA) is 104 Å². The van der Waals surface area contributed by atoms with Gasteiger partial charge in [0.2, 0.25) is 5.91 Å². The Bertz CT molecular complexity index is 1010. The zero-order valence-electron chi connectivity index (χ0n) is 15.3. The lowest BCUT2D eigenvalue weighted by atomic mass is 10.1. The zero-order valence-corrected chi connectivity index (χ0v) is 16.9. The molecule has 1 fully saturated rings. The maximum atomic E-state index is 12.9. The van der Waals surface area contributed by atoms with Crippen molar-refractivity contribution in [1.29, 1.82) is 0 Å². The second kappa shape index (κ2) is 7.63. The molecule has 0 aromatic heterocycles.